The molecule has 1 saturated heterocycles. The SMILES string of the molecule is COc1cc(C=CC(=O)OCC(=O)N2CCN(c3ccccc3F)CC2)cc(OC)c1OC. The number of rotatable bonds is 8. The van der Waals surface area contributed by atoms with Gasteiger partial charge in [-0.15, -0.1) is 0 Å². The van der Waals surface area contributed by atoms with E-state index < -0.39 is 5.97 Å². The van der Waals surface area contributed by atoms with E-state index >= 15 is 0 Å². The number of anilines is 1. The van der Waals surface area contributed by atoms with Gasteiger partial charge in [-0.05, 0) is 35.9 Å². The Bertz CT molecular complexity index is 993. The van der Waals surface area contributed by atoms with Crippen LogP contribution in [0.25, 0.3) is 6.08 Å². The van der Waals surface area contributed by atoms with Gasteiger partial charge in [0, 0.05) is 32.3 Å². The topological polar surface area (TPSA) is 77.5 Å². The summed E-state index contributed by atoms with van der Waals surface area (Å²) in [5.41, 5.74) is 1.16. The van der Waals surface area contributed by atoms with Crippen molar-refractivity contribution < 1.29 is 32.9 Å². The van der Waals surface area contributed by atoms with Gasteiger partial charge in [0.15, 0.2) is 18.1 Å². The van der Waals surface area contributed by atoms with Gasteiger partial charge in [0.2, 0.25) is 5.75 Å². The van der Waals surface area contributed by atoms with Gasteiger partial charge < -0.3 is 28.7 Å². The van der Waals surface area contributed by atoms with Crippen molar-refractivity contribution in [1.29, 1.82) is 0 Å². The maximum absolute atomic E-state index is 14.0. The molecule has 0 bridgehead atoms. The molecule has 0 unspecified atom stereocenters. The molecule has 3 rings (SSSR count). The number of nitrogens with zero attached hydrogens (tertiary/aromatic N) is 2. The van der Waals surface area contributed by atoms with Gasteiger partial charge in [-0.1, -0.05) is 12.1 Å². The number of esters is 1. The van der Waals surface area contributed by atoms with E-state index in [2.05, 4.69) is 0 Å². The summed E-state index contributed by atoms with van der Waals surface area (Å²) < 4.78 is 34.9. The number of amides is 1. The van der Waals surface area contributed by atoms with Gasteiger partial charge in [-0.25, -0.2) is 9.18 Å². The second kappa shape index (κ2) is 11.2. The number of benzene rings is 2. The molecule has 1 amide bonds. The van der Waals surface area contributed by atoms with Crippen LogP contribution in [0.3, 0.4) is 0 Å². The molecule has 1 aliphatic rings. The number of para-hydroxylation sites is 1. The Labute approximate surface area is 192 Å². The zero-order chi connectivity index (χ0) is 23.8. The fourth-order valence-corrected chi connectivity index (χ4v) is 3.54. The van der Waals surface area contributed by atoms with Gasteiger partial charge in [0.25, 0.3) is 5.91 Å². The average molecular weight is 458 g/mol. The molecule has 0 aromatic heterocycles. The minimum absolute atomic E-state index is 0.287. The van der Waals surface area contributed by atoms with Crippen molar-refractivity contribution >= 4 is 23.6 Å². The number of hydrogen-bond acceptors (Lipinski definition) is 7. The van der Waals surface area contributed by atoms with Crippen LogP contribution in [0.1, 0.15) is 5.56 Å². The smallest absolute Gasteiger partial charge is 0.331 e. The molecule has 0 N–H and O–H groups in total. The number of piperazine rings is 1. The fraction of sp³-hybridized carbons (Fsp3) is 0.333. The van der Waals surface area contributed by atoms with E-state index in [-0.39, 0.29) is 18.3 Å². The van der Waals surface area contributed by atoms with Crippen LogP contribution in [-0.2, 0) is 14.3 Å². The van der Waals surface area contributed by atoms with Crippen molar-refractivity contribution in [2.24, 2.45) is 0 Å². The Morgan fingerprint density at radius 3 is 2.18 bits per heavy atom. The Morgan fingerprint density at radius 1 is 0.970 bits per heavy atom. The van der Waals surface area contributed by atoms with Crippen LogP contribution in [0.15, 0.2) is 42.5 Å². The summed E-state index contributed by atoms with van der Waals surface area (Å²) in [7, 11) is 4.51. The van der Waals surface area contributed by atoms with Gasteiger partial charge in [0.1, 0.15) is 5.82 Å². The molecule has 1 aliphatic heterocycles. The highest BCUT2D eigenvalue weighted by molar-refractivity contribution is 5.89. The number of halogens is 1. The van der Waals surface area contributed by atoms with Crippen LogP contribution < -0.4 is 19.1 Å². The first-order valence-corrected chi connectivity index (χ1v) is 10.4. The number of methoxy groups -OCH3 is 3. The third-order valence-corrected chi connectivity index (χ3v) is 5.26. The maximum atomic E-state index is 14.0. The first-order chi connectivity index (χ1) is 16.0. The predicted octanol–water partition coefficient (Wildman–Crippen LogP) is 2.76. The van der Waals surface area contributed by atoms with E-state index in [4.69, 9.17) is 18.9 Å². The van der Waals surface area contributed by atoms with Crippen molar-refractivity contribution in [3.63, 3.8) is 0 Å². The van der Waals surface area contributed by atoms with Gasteiger partial charge in [0.05, 0.1) is 27.0 Å². The molecule has 0 radical (unpaired) electrons. The number of carbonyl (C=O) groups is 2. The second-order valence-electron chi connectivity index (χ2n) is 7.22. The highest BCUT2D eigenvalue weighted by atomic mass is 19.1. The first kappa shape index (κ1) is 23.9. The lowest BCUT2D eigenvalue weighted by Gasteiger charge is -2.36. The zero-order valence-corrected chi connectivity index (χ0v) is 18.9. The minimum Gasteiger partial charge on any atom is -0.493 e. The summed E-state index contributed by atoms with van der Waals surface area (Å²) in [4.78, 5) is 28.0. The van der Waals surface area contributed by atoms with Gasteiger partial charge >= 0.3 is 5.97 Å². The predicted molar refractivity (Wildman–Crippen MR) is 121 cm³/mol. The molecule has 1 fully saturated rings. The summed E-state index contributed by atoms with van der Waals surface area (Å²) in [5, 5.41) is 0. The number of hydrogen-bond donors (Lipinski definition) is 0. The molecule has 0 aliphatic carbocycles. The normalized spacial score (nSPS) is 13.7. The van der Waals surface area contributed by atoms with Gasteiger partial charge in [-0.2, -0.15) is 0 Å². The molecule has 33 heavy (non-hydrogen) atoms. The lowest BCUT2D eigenvalue weighted by molar-refractivity contribution is -0.148. The summed E-state index contributed by atoms with van der Waals surface area (Å²) in [6.07, 6.45) is 2.76. The first-order valence-electron chi connectivity index (χ1n) is 10.4. The maximum Gasteiger partial charge on any atom is 0.331 e. The molecule has 2 aromatic carbocycles. The summed E-state index contributed by atoms with van der Waals surface area (Å²) in [6, 6.07) is 9.92. The third-order valence-electron chi connectivity index (χ3n) is 5.26. The van der Waals surface area contributed by atoms with Crippen LogP contribution in [-0.4, -0.2) is 70.9 Å². The molecular formula is C24H27FN2O6. The average Bonchev–Trinajstić information content (AvgIpc) is 2.85. The standard InChI is InChI=1S/C24H27FN2O6/c1-30-20-14-17(15-21(31-2)24(20)32-3)8-9-23(29)33-16-22(28)27-12-10-26(11-13-27)19-7-5-4-6-18(19)25/h4-9,14-15H,10-13,16H2,1-3H3. The van der Waals surface area contributed by atoms with Crippen LogP contribution >= 0.6 is 0 Å². The summed E-state index contributed by atoms with van der Waals surface area (Å²) >= 11 is 0. The number of ether oxygens (including phenoxy) is 4. The lowest BCUT2D eigenvalue weighted by Crippen LogP contribution is -2.50. The van der Waals surface area contributed by atoms with Crippen molar-refractivity contribution in [1.82, 2.24) is 4.90 Å². The molecule has 8 nitrogen and oxygen atoms in total. The molecule has 176 valence electrons. The highest BCUT2D eigenvalue weighted by Crippen LogP contribution is 2.38. The second-order valence-corrected chi connectivity index (χ2v) is 7.22. The molecule has 0 spiro atoms. The van der Waals surface area contributed by atoms with E-state index in [0.717, 1.165) is 0 Å². The largest absolute Gasteiger partial charge is 0.493 e. The van der Waals surface area contributed by atoms with Crippen LogP contribution in [0, 0.1) is 5.82 Å². The molecule has 2 aromatic rings. The molecule has 0 saturated carbocycles. The molecule has 9 heteroatoms. The van der Waals surface area contributed by atoms with Crippen molar-refractivity contribution in [2.75, 3.05) is 59.0 Å². The molecule has 0 atom stereocenters. The zero-order valence-electron chi connectivity index (χ0n) is 18.9. The highest BCUT2D eigenvalue weighted by Gasteiger charge is 2.23. The Morgan fingerprint density at radius 2 is 1.61 bits per heavy atom. The monoisotopic (exact) mass is 458 g/mol. The Balaban J connectivity index is 1.50. The minimum atomic E-state index is -0.651. The van der Waals surface area contributed by atoms with E-state index in [1.165, 1.54) is 39.5 Å². The van der Waals surface area contributed by atoms with Crippen LogP contribution in [0.2, 0.25) is 0 Å². The fourth-order valence-electron chi connectivity index (χ4n) is 3.54. The Kier molecular flexibility index (Phi) is 8.12. The summed E-state index contributed by atoms with van der Waals surface area (Å²) in [5.74, 6) is 0.120. The van der Waals surface area contributed by atoms with E-state index in [0.29, 0.717) is 54.7 Å². The van der Waals surface area contributed by atoms with Crippen molar-refractivity contribution in [3.8, 4) is 17.2 Å². The van der Waals surface area contributed by atoms with Crippen molar-refractivity contribution in [2.45, 2.75) is 0 Å². The van der Waals surface area contributed by atoms with Crippen LogP contribution in [0.4, 0.5) is 10.1 Å². The van der Waals surface area contributed by atoms with Gasteiger partial charge in [-0.3, -0.25) is 4.79 Å². The lowest BCUT2D eigenvalue weighted by atomic mass is 10.1. The number of carbonyl (C=O) groups excluding carboxylic acids is 2. The van der Waals surface area contributed by atoms with E-state index in [1.807, 2.05) is 4.90 Å². The van der Waals surface area contributed by atoms with E-state index in [9.17, 15) is 14.0 Å². The van der Waals surface area contributed by atoms with Crippen LogP contribution in [0.5, 0.6) is 17.2 Å². The summed E-state index contributed by atoms with van der Waals surface area (Å²) in [6.45, 7) is 1.49. The van der Waals surface area contributed by atoms with Crippen molar-refractivity contribution in [3.05, 3.63) is 53.9 Å². The quantitative estimate of drug-likeness (QED) is 0.445. The molecule has 1 heterocycles. The van der Waals surface area contributed by atoms with E-state index in [1.54, 1.807) is 35.2 Å². The molecular weight excluding hydrogens is 431 g/mol. The third kappa shape index (κ3) is 5.94. The Hall–Kier alpha value is -3.75.